The Kier molecular flexibility index (Phi) is 5.59. The van der Waals surface area contributed by atoms with E-state index in [1.807, 2.05) is 0 Å². The first kappa shape index (κ1) is 17.3. The Morgan fingerprint density at radius 2 is 1.83 bits per heavy atom. The predicted octanol–water partition coefficient (Wildman–Crippen LogP) is -0.949. The van der Waals surface area contributed by atoms with Crippen molar-refractivity contribution in [2.45, 2.75) is 38.2 Å². The van der Waals surface area contributed by atoms with Gasteiger partial charge >= 0.3 is 0 Å². The number of carboxylic acid groups (broad SMARTS) is 1. The van der Waals surface area contributed by atoms with Crippen molar-refractivity contribution < 1.29 is 29.3 Å². The molecule has 1 amide bonds. The van der Waals surface area contributed by atoms with E-state index in [9.17, 15) is 9.90 Å². The summed E-state index contributed by atoms with van der Waals surface area (Å²) in [7, 11) is 0. The van der Waals surface area contributed by atoms with Crippen molar-refractivity contribution in [1.29, 1.82) is 0 Å². The van der Waals surface area contributed by atoms with Gasteiger partial charge in [-0.2, -0.15) is 0 Å². The predicted molar refractivity (Wildman–Crippen MR) is 76.9 cm³/mol. The van der Waals surface area contributed by atoms with Gasteiger partial charge in [0.25, 0.3) is 12.4 Å². The second-order valence-corrected chi connectivity index (χ2v) is 5.27. The zero-order valence-electron chi connectivity index (χ0n) is 12.8. The number of fused-ring (bicyclic) bond motifs is 1. The fourth-order valence-corrected chi connectivity index (χ4v) is 2.76. The highest BCUT2D eigenvalue weighted by Crippen LogP contribution is 2.27. The molecule has 2 aliphatic heterocycles. The quantitative estimate of drug-likeness (QED) is 0.593. The lowest BCUT2D eigenvalue weighted by atomic mass is 10.1. The van der Waals surface area contributed by atoms with Gasteiger partial charge in [0.15, 0.2) is 0 Å². The fourth-order valence-electron chi connectivity index (χ4n) is 2.76. The van der Waals surface area contributed by atoms with Gasteiger partial charge in [-0.05, 0) is 13.8 Å². The maximum absolute atomic E-state index is 12.3. The third-order valence-electron chi connectivity index (χ3n) is 3.80. The van der Waals surface area contributed by atoms with Gasteiger partial charge in [-0.15, -0.1) is 0 Å². The van der Waals surface area contributed by atoms with Crippen LogP contribution >= 0.6 is 0 Å². The lowest BCUT2D eigenvalue weighted by Gasteiger charge is -2.18. The molecule has 126 valence electrons. The van der Waals surface area contributed by atoms with Crippen molar-refractivity contribution in [3.8, 4) is 0 Å². The maximum atomic E-state index is 12.3. The molecule has 1 aromatic heterocycles. The van der Waals surface area contributed by atoms with Gasteiger partial charge in [-0.25, -0.2) is 9.97 Å². The molecule has 0 radical (unpaired) electrons. The van der Waals surface area contributed by atoms with E-state index in [1.165, 1.54) is 6.33 Å². The van der Waals surface area contributed by atoms with Crippen molar-refractivity contribution in [3.05, 3.63) is 23.3 Å². The van der Waals surface area contributed by atoms with Gasteiger partial charge in [-0.1, -0.05) is 0 Å². The van der Waals surface area contributed by atoms with Crippen LogP contribution in [0.3, 0.4) is 0 Å². The summed E-state index contributed by atoms with van der Waals surface area (Å²) in [6, 6.07) is -0.261. The van der Waals surface area contributed by atoms with Crippen LogP contribution in [-0.4, -0.2) is 70.1 Å². The average Bonchev–Trinajstić information content (AvgIpc) is 3.04. The number of aliphatic hydroxyl groups is 1. The molecule has 0 spiro atoms. The molecule has 9 nitrogen and oxygen atoms in total. The molecule has 4 atom stereocenters. The van der Waals surface area contributed by atoms with Crippen molar-refractivity contribution in [3.63, 3.8) is 0 Å². The fraction of sp³-hybridized carbons (Fsp3) is 0.571. The first-order valence-corrected chi connectivity index (χ1v) is 7.07. The molecule has 0 aliphatic carbocycles. The van der Waals surface area contributed by atoms with Crippen LogP contribution in [0.5, 0.6) is 0 Å². The molecule has 1 aromatic rings. The second-order valence-electron chi connectivity index (χ2n) is 5.27. The number of nitrogens with one attached hydrogen (secondary N) is 1. The number of carbonyl (C=O) groups is 2. The van der Waals surface area contributed by atoms with E-state index in [0.717, 1.165) is 0 Å². The molecular formula is C14H19N3O6. The lowest BCUT2D eigenvalue weighted by Crippen LogP contribution is -2.44. The zero-order valence-corrected chi connectivity index (χ0v) is 12.8. The Balaban J connectivity index is 0.000000595. The summed E-state index contributed by atoms with van der Waals surface area (Å²) in [4.78, 5) is 28.8. The molecule has 2 aliphatic rings. The van der Waals surface area contributed by atoms with Crippen LogP contribution < -0.4 is 5.32 Å². The Bertz CT molecular complexity index is 561. The smallest absolute Gasteiger partial charge is 0.290 e. The molecule has 3 rings (SSSR count). The number of hydrogen-bond donors (Lipinski definition) is 3. The summed E-state index contributed by atoms with van der Waals surface area (Å²) in [6.45, 7) is 3.87. The molecule has 0 aromatic carbocycles. The number of nitrogens with zero attached hydrogens (tertiary/aromatic N) is 2. The number of carbonyl (C=O) groups excluding carboxylic acids is 1. The van der Waals surface area contributed by atoms with Crippen LogP contribution in [0.1, 0.15) is 21.7 Å². The van der Waals surface area contributed by atoms with E-state index in [1.54, 1.807) is 13.8 Å². The highest BCUT2D eigenvalue weighted by Gasteiger charge is 2.47. The lowest BCUT2D eigenvalue weighted by molar-refractivity contribution is -0.122. The number of amides is 1. The maximum Gasteiger partial charge on any atom is 0.290 e. The summed E-state index contributed by atoms with van der Waals surface area (Å²) in [6.07, 6.45) is 0.172. The molecule has 0 bridgehead atoms. The molecule has 3 N–H and O–H groups in total. The van der Waals surface area contributed by atoms with Crippen molar-refractivity contribution in [2.24, 2.45) is 0 Å². The molecule has 0 unspecified atom stereocenters. The standard InChI is InChI=1S/C13H17N3O4.CH2O2/c1-6-10(7(2)15-5-14-6)13(18)16-8-3-19-12-9(17)4-20-11(8)12;2-1-3/h5,8-9,11-12,17H,3-4H2,1-2H3,(H,16,18);1H,(H,2,3)/t8-,9-,11-,12-;/m1./s1. The summed E-state index contributed by atoms with van der Waals surface area (Å²) < 4.78 is 11.0. The van der Waals surface area contributed by atoms with Gasteiger partial charge < -0.3 is 25.0 Å². The summed E-state index contributed by atoms with van der Waals surface area (Å²) in [5.74, 6) is -0.236. The topological polar surface area (TPSA) is 131 Å². The summed E-state index contributed by atoms with van der Waals surface area (Å²) >= 11 is 0. The van der Waals surface area contributed by atoms with E-state index in [0.29, 0.717) is 23.6 Å². The molecule has 3 heterocycles. The highest BCUT2D eigenvalue weighted by molar-refractivity contribution is 5.96. The largest absolute Gasteiger partial charge is 0.483 e. The minimum Gasteiger partial charge on any atom is -0.483 e. The van der Waals surface area contributed by atoms with Crippen LogP contribution in [0.15, 0.2) is 6.33 Å². The summed E-state index contributed by atoms with van der Waals surface area (Å²) in [5, 5.41) is 19.5. The van der Waals surface area contributed by atoms with Gasteiger partial charge in [0.1, 0.15) is 24.6 Å². The van der Waals surface area contributed by atoms with Gasteiger partial charge in [0.05, 0.1) is 36.2 Å². The Labute approximate surface area is 132 Å². The van der Waals surface area contributed by atoms with Crippen molar-refractivity contribution >= 4 is 12.4 Å². The third-order valence-corrected chi connectivity index (χ3v) is 3.80. The van der Waals surface area contributed by atoms with Crippen LogP contribution in [0.25, 0.3) is 0 Å². The first-order chi connectivity index (χ1) is 11.0. The number of rotatable bonds is 2. The molecule has 2 saturated heterocycles. The second kappa shape index (κ2) is 7.44. The minimum absolute atomic E-state index is 0.236. The molecule has 2 fully saturated rings. The van der Waals surface area contributed by atoms with E-state index in [-0.39, 0.29) is 37.2 Å². The SMILES string of the molecule is Cc1ncnc(C)c1C(=O)N[C@@H]1CO[C@H]2[C@@H]1OC[C@H]2O.O=CO. The number of ether oxygens (including phenoxy) is 2. The molecule has 0 saturated carbocycles. The molecular weight excluding hydrogens is 306 g/mol. The van der Waals surface area contributed by atoms with Gasteiger partial charge in [-0.3, -0.25) is 9.59 Å². The Hall–Kier alpha value is -2.10. The Morgan fingerprint density at radius 1 is 1.26 bits per heavy atom. The number of aryl methyl sites for hydroxylation is 2. The van der Waals surface area contributed by atoms with Gasteiger partial charge in [0.2, 0.25) is 0 Å². The average molecular weight is 325 g/mol. The summed E-state index contributed by atoms with van der Waals surface area (Å²) in [5.41, 5.74) is 1.75. The number of aliphatic hydroxyl groups excluding tert-OH is 1. The number of aromatic nitrogens is 2. The van der Waals surface area contributed by atoms with Crippen LogP contribution in [0, 0.1) is 13.8 Å². The van der Waals surface area contributed by atoms with Crippen molar-refractivity contribution in [2.75, 3.05) is 13.2 Å². The normalized spacial score (nSPS) is 28.5. The van der Waals surface area contributed by atoms with Crippen molar-refractivity contribution in [1.82, 2.24) is 15.3 Å². The zero-order chi connectivity index (χ0) is 17.0. The van der Waals surface area contributed by atoms with Crippen LogP contribution in [0.4, 0.5) is 0 Å². The highest BCUT2D eigenvalue weighted by atomic mass is 16.6. The first-order valence-electron chi connectivity index (χ1n) is 7.07. The Morgan fingerprint density at radius 3 is 2.43 bits per heavy atom. The number of hydrogen-bond acceptors (Lipinski definition) is 7. The minimum atomic E-state index is -0.620. The molecule has 23 heavy (non-hydrogen) atoms. The van der Waals surface area contributed by atoms with E-state index in [2.05, 4.69) is 15.3 Å². The van der Waals surface area contributed by atoms with Crippen LogP contribution in [0.2, 0.25) is 0 Å². The monoisotopic (exact) mass is 325 g/mol. The van der Waals surface area contributed by atoms with E-state index in [4.69, 9.17) is 19.4 Å². The molecule has 9 heteroatoms. The van der Waals surface area contributed by atoms with Gasteiger partial charge in [0, 0.05) is 0 Å². The van der Waals surface area contributed by atoms with Crippen LogP contribution in [-0.2, 0) is 14.3 Å². The van der Waals surface area contributed by atoms with E-state index < -0.39 is 6.10 Å². The van der Waals surface area contributed by atoms with E-state index >= 15 is 0 Å². The third kappa shape index (κ3) is 3.63.